The summed E-state index contributed by atoms with van der Waals surface area (Å²) < 4.78 is 5.18. The molecule has 0 aliphatic carbocycles. The predicted molar refractivity (Wildman–Crippen MR) is 64.2 cm³/mol. The maximum atomic E-state index is 10.1. The van der Waals surface area contributed by atoms with E-state index < -0.39 is 6.10 Å². The minimum absolute atomic E-state index is 0.560. The second-order valence-corrected chi connectivity index (χ2v) is 4.36. The number of nitrogens with zero attached hydrogens (tertiary/aromatic N) is 1. The predicted octanol–water partition coefficient (Wildman–Crippen LogP) is 2.89. The molecule has 1 aromatic carbocycles. The normalized spacial score (nSPS) is 12.4. The van der Waals surface area contributed by atoms with Gasteiger partial charge in [-0.2, -0.15) is 0 Å². The van der Waals surface area contributed by atoms with E-state index in [9.17, 15) is 5.11 Å². The standard InChI is InChI=1S/C11H10ClNO2S/c1-15-10-3-2-7(12)4-8(10)11(14)9-5-16-6-13-9/h2-6,11,14H,1H3. The van der Waals surface area contributed by atoms with Crippen LogP contribution in [0, 0.1) is 0 Å². The summed E-state index contributed by atoms with van der Waals surface area (Å²) in [6, 6.07) is 5.13. The second-order valence-electron chi connectivity index (χ2n) is 3.20. The number of rotatable bonds is 3. The van der Waals surface area contributed by atoms with E-state index in [0.29, 0.717) is 22.0 Å². The fraction of sp³-hybridized carbons (Fsp3) is 0.182. The van der Waals surface area contributed by atoms with Crippen LogP contribution >= 0.6 is 22.9 Å². The first-order valence-electron chi connectivity index (χ1n) is 4.62. The first-order valence-corrected chi connectivity index (χ1v) is 5.94. The Morgan fingerprint density at radius 2 is 2.31 bits per heavy atom. The summed E-state index contributed by atoms with van der Waals surface area (Å²) >= 11 is 7.33. The molecule has 2 aromatic rings. The van der Waals surface area contributed by atoms with E-state index in [4.69, 9.17) is 16.3 Å². The average Bonchev–Trinajstić information content (AvgIpc) is 2.81. The van der Waals surface area contributed by atoms with E-state index >= 15 is 0 Å². The number of thiazole rings is 1. The lowest BCUT2D eigenvalue weighted by Gasteiger charge is -2.13. The molecule has 2 rings (SSSR count). The molecule has 0 amide bonds. The van der Waals surface area contributed by atoms with Crippen molar-refractivity contribution in [1.82, 2.24) is 4.98 Å². The molecule has 0 saturated heterocycles. The van der Waals surface area contributed by atoms with E-state index in [1.165, 1.54) is 11.3 Å². The molecule has 0 radical (unpaired) electrons. The molecule has 5 heteroatoms. The van der Waals surface area contributed by atoms with Gasteiger partial charge in [-0.15, -0.1) is 11.3 Å². The van der Waals surface area contributed by atoms with Crippen LogP contribution in [0.3, 0.4) is 0 Å². The maximum Gasteiger partial charge on any atom is 0.125 e. The number of hydrogen-bond donors (Lipinski definition) is 1. The van der Waals surface area contributed by atoms with Gasteiger partial charge in [0.15, 0.2) is 0 Å². The highest BCUT2D eigenvalue weighted by molar-refractivity contribution is 7.07. The molecule has 1 atom stereocenters. The summed E-state index contributed by atoms with van der Waals surface area (Å²) in [6.45, 7) is 0. The van der Waals surface area contributed by atoms with Crippen molar-refractivity contribution in [3.8, 4) is 5.75 Å². The van der Waals surface area contributed by atoms with Gasteiger partial charge in [0, 0.05) is 16.0 Å². The van der Waals surface area contributed by atoms with Crippen molar-refractivity contribution < 1.29 is 9.84 Å². The third-order valence-electron chi connectivity index (χ3n) is 2.22. The van der Waals surface area contributed by atoms with Crippen molar-refractivity contribution in [1.29, 1.82) is 0 Å². The zero-order chi connectivity index (χ0) is 11.5. The Labute approximate surface area is 102 Å². The number of aliphatic hydroxyl groups is 1. The Kier molecular flexibility index (Phi) is 3.43. The number of benzene rings is 1. The zero-order valence-corrected chi connectivity index (χ0v) is 10.1. The number of aliphatic hydroxyl groups excluding tert-OH is 1. The highest BCUT2D eigenvalue weighted by Gasteiger charge is 2.17. The van der Waals surface area contributed by atoms with Crippen LogP contribution in [0.4, 0.5) is 0 Å². The fourth-order valence-electron chi connectivity index (χ4n) is 1.44. The summed E-state index contributed by atoms with van der Waals surface area (Å²) in [5.74, 6) is 0.602. The number of halogens is 1. The summed E-state index contributed by atoms with van der Waals surface area (Å²) in [6.07, 6.45) is -0.806. The van der Waals surface area contributed by atoms with Gasteiger partial charge in [-0.1, -0.05) is 11.6 Å². The minimum Gasteiger partial charge on any atom is -0.496 e. The van der Waals surface area contributed by atoms with E-state index in [0.717, 1.165) is 0 Å². The van der Waals surface area contributed by atoms with Crippen LogP contribution in [-0.2, 0) is 0 Å². The summed E-state index contributed by atoms with van der Waals surface area (Å²) in [5.41, 5.74) is 2.90. The molecule has 1 N–H and O–H groups in total. The first kappa shape index (κ1) is 11.4. The fourth-order valence-corrected chi connectivity index (χ4v) is 2.19. The van der Waals surface area contributed by atoms with Crippen LogP contribution in [0.5, 0.6) is 5.75 Å². The van der Waals surface area contributed by atoms with E-state index in [1.54, 1.807) is 36.2 Å². The highest BCUT2D eigenvalue weighted by Crippen LogP contribution is 2.31. The van der Waals surface area contributed by atoms with Gasteiger partial charge in [0.05, 0.1) is 18.3 Å². The number of aromatic nitrogens is 1. The Hall–Kier alpha value is -1.10. The highest BCUT2D eigenvalue weighted by atomic mass is 35.5. The van der Waals surface area contributed by atoms with Gasteiger partial charge in [-0.25, -0.2) is 4.98 Å². The SMILES string of the molecule is COc1ccc(Cl)cc1C(O)c1cscn1. The van der Waals surface area contributed by atoms with Gasteiger partial charge < -0.3 is 9.84 Å². The van der Waals surface area contributed by atoms with Crippen LogP contribution in [0.1, 0.15) is 17.4 Å². The van der Waals surface area contributed by atoms with Gasteiger partial charge in [-0.3, -0.25) is 0 Å². The van der Waals surface area contributed by atoms with E-state index in [1.807, 2.05) is 0 Å². The quantitative estimate of drug-likeness (QED) is 0.917. The monoisotopic (exact) mass is 255 g/mol. The molecule has 3 nitrogen and oxygen atoms in total. The summed E-state index contributed by atoms with van der Waals surface area (Å²) in [7, 11) is 1.56. The lowest BCUT2D eigenvalue weighted by atomic mass is 10.1. The summed E-state index contributed by atoms with van der Waals surface area (Å²) in [4.78, 5) is 4.07. The molecule has 84 valence electrons. The molecule has 0 saturated carbocycles. The van der Waals surface area contributed by atoms with Crippen molar-refractivity contribution in [3.05, 3.63) is 45.4 Å². The van der Waals surface area contributed by atoms with Crippen LogP contribution < -0.4 is 4.74 Å². The number of methoxy groups -OCH3 is 1. The van der Waals surface area contributed by atoms with E-state index in [2.05, 4.69) is 4.98 Å². The molecular formula is C11H10ClNO2S. The third-order valence-corrected chi connectivity index (χ3v) is 3.06. The van der Waals surface area contributed by atoms with Crippen molar-refractivity contribution in [2.75, 3.05) is 7.11 Å². The molecule has 0 aliphatic rings. The molecule has 0 bridgehead atoms. The third kappa shape index (κ3) is 2.19. The molecule has 1 unspecified atom stereocenters. The molecule has 0 aliphatic heterocycles. The van der Waals surface area contributed by atoms with Gasteiger partial charge in [0.1, 0.15) is 11.9 Å². The van der Waals surface area contributed by atoms with Crippen LogP contribution in [0.15, 0.2) is 29.1 Å². The van der Waals surface area contributed by atoms with E-state index in [-0.39, 0.29) is 0 Å². The largest absolute Gasteiger partial charge is 0.496 e. The Morgan fingerprint density at radius 3 is 2.94 bits per heavy atom. The molecule has 1 heterocycles. The van der Waals surface area contributed by atoms with Crippen molar-refractivity contribution in [3.63, 3.8) is 0 Å². The van der Waals surface area contributed by atoms with Gasteiger partial charge >= 0.3 is 0 Å². The van der Waals surface area contributed by atoms with Crippen molar-refractivity contribution in [2.24, 2.45) is 0 Å². The molecule has 0 fully saturated rings. The van der Waals surface area contributed by atoms with Gasteiger partial charge in [-0.05, 0) is 18.2 Å². The number of hydrogen-bond acceptors (Lipinski definition) is 4. The lowest BCUT2D eigenvalue weighted by Crippen LogP contribution is -2.02. The van der Waals surface area contributed by atoms with Crippen LogP contribution in [-0.4, -0.2) is 17.2 Å². The summed E-state index contributed by atoms with van der Waals surface area (Å²) in [5, 5.41) is 12.5. The van der Waals surface area contributed by atoms with Gasteiger partial charge in [0.2, 0.25) is 0 Å². The van der Waals surface area contributed by atoms with Crippen LogP contribution in [0.25, 0.3) is 0 Å². The van der Waals surface area contributed by atoms with Crippen molar-refractivity contribution in [2.45, 2.75) is 6.10 Å². The Balaban J connectivity index is 2.42. The topological polar surface area (TPSA) is 42.4 Å². The van der Waals surface area contributed by atoms with Crippen molar-refractivity contribution >= 4 is 22.9 Å². The maximum absolute atomic E-state index is 10.1. The molecule has 0 spiro atoms. The molecular weight excluding hydrogens is 246 g/mol. The average molecular weight is 256 g/mol. The number of ether oxygens (including phenoxy) is 1. The second kappa shape index (κ2) is 4.82. The van der Waals surface area contributed by atoms with Gasteiger partial charge in [0.25, 0.3) is 0 Å². The lowest BCUT2D eigenvalue weighted by molar-refractivity contribution is 0.210. The molecule has 1 aromatic heterocycles. The minimum atomic E-state index is -0.806. The Morgan fingerprint density at radius 1 is 1.50 bits per heavy atom. The first-order chi connectivity index (χ1) is 7.72. The van der Waals surface area contributed by atoms with Crippen LogP contribution in [0.2, 0.25) is 5.02 Å². The smallest absolute Gasteiger partial charge is 0.125 e. The molecule has 16 heavy (non-hydrogen) atoms. The Bertz CT molecular complexity index is 473. The zero-order valence-electron chi connectivity index (χ0n) is 8.55.